The summed E-state index contributed by atoms with van der Waals surface area (Å²) >= 11 is 0. The van der Waals surface area contributed by atoms with E-state index in [1.807, 2.05) is 54.6 Å². The van der Waals surface area contributed by atoms with Crippen molar-refractivity contribution in [3.8, 4) is 0 Å². The Hall–Kier alpha value is -3.01. The zero-order valence-corrected chi connectivity index (χ0v) is 19.9. The van der Waals surface area contributed by atoms with Crippen LogP contribution in [0.5, 0.6) is 0 Å². The second kappa shape index (κ2) is 10.9. The van der Waals surface area contributed by atoms with Crippen molar-refractivity contribution in [3.63, 3.8) is 0 Å². The van der Waals surface area contributed by atoms with Crippen LogP contribution >= 0.6 is 0 Å². The molecule has 4 rings (SSSR count). The van der Waals surface area contributed by atoms with Gasteiger partial charge in [0.25, 0.3) is 0 Å². The van der Waals surface area contributed by atoms with E-state index in [1.165, 1.54) is 9.71 Å². The molecule has 2 amide bonds. The Morgan fingerprint density at radius 1 is 0.941 bits per heavy atom. The number of sulfonamides is 1. The highest BCUT2D eigenvalue weighted by Gasteiger charge is 2.25. The predicted molar refractivity (Wildman–Crippen MR) is 134 cm³/mol. The van der Waals surface area contributed by atoms with Gasteiger partial charge in [-0.25, -0.2) is 8.42 Å². The molecule has 2 aromatic carbocycles. The summed E-state index contributed by atoms with van der Waals surface area (Å²) in [5.41, 5.74) is 2.39. The van der Waals surface area contributed by atoms with E-state index in [0.29, 0.717) is 51.3 Å². The Morgan fingerprint density at radius 2 is 1.65 bits per heavy atom. The number of carbonyl (C=O) groups excluding carboxylic acids is 2. The lowest BCUT2D eigenvalue weighted by molar-refractivity contribution is -0.117. The van der Waals surface area contributed by atoms with Gasteiger partial charge in [-0.2, -0.15) is 4.31 Å². The van der Waals surface area contributed by atoms with Crippen molar-refractivity contribution in [2.45, 2.75) is 19.3 Å². The van der Waals surface area contributed by atoms with Crippen molar-refractivity contribution in [3.05, 3.63) is 65.6 Å². The molecule has 2 saturated heterocycles. The van der Waals surface area contributed by atoms with Crippen molar-refractivity contribution in [2.24, 2.45) is 0 Å². The van der Waals surface area contributed by atoms with Gasteiger partial charge in [0.15, 0.2) is 0 Å². The summed E-state index contributed by atoms with van der Waals surface area (Å²) in [6.07, 6.45) is 3.40. The first kappa shape index (κ1) is 24.1. The van der Waals surface area contributed by atoms with Gasteiger partial charge in [-0.15, -0.1) is 0 Å². The molecule has 9 heteroatoms. The van der Waals surface area contributed by atoms with E-state index in [-0.39, 0.29) is 11.8 Å². The summed E-state index contributed by atoms with van der Waals surface area (Å²) in [4.78, 5) is 28.1. The second-order valence-corrected chi connectivity index (χ2v) is 10.3. The SMILES string of the molecule is O=C(CCN1CCN(S(=O)(=O)C=Cc2ccccc2)CC1)Nc1ccc(N2CCCC2=O)cc1. The quantitative estimate of drug-likeness (QED) is 0.625. The van der Waals surface area contributed by atoms with Gasteiger partial charge in [0.1, 0.15) is 0 Å². The Balaban J connectivity index is 1.20. The van der Waals surface area contributed by atoms with Gasteiger partial charge in [0.05, 0.1) is 0 Å². The Morgan fingerprint density at radius 3 is 2.29 bits per heavy atom. The molecule has 34 heavy (non-hydrogen) atoms. The largest absolute Gasteiger partial charge is 0.326 e. The number of piperazine rings is 1. The number of anilines is 2. The third kappa shape index (κ3) is 6.31. The maximum absolute atomic E-state index is 12.6. The molecule has 0 bridgehead atoms. The monoisotopic (exact) mass is 482 g/mol. The van der Waals surface area contributed by atoms with Crippen LogP contribution in [0.2, 0.25) is 0 Å². The summed E-state index contributed by atoms with van der Waals surface area (Å²) in [6.45, 7) is 3.29. The molecule has 0 saturated carbocycles. The van der Waals surface area contributed by atoms with Crippen LogP contribution < -0.4 is 10.2 Å². The zero-order chi connectivity index (χ0) is 24.0. The molecule has 0 atom stereocenters. The van der Waals surface area contributed by atoms with E-state index in [4.69, 9.17) is 0 Å². The standard InChI is InChI=1S/C25H30N4O4S/c30-24(26-22-8-10-23(11-9-22)29-14-4-7-25(29)31)12-15-27-16-18-28(19-17-27)34(32,33)20-13-21-5-2-1-3-6-21/h1-3,5-6,8-11,13,20H,4,7,12,14-19H2,(H,26,30). The molecule has 2 heterocycles. The van der Waals surface area contributed by atoms with Gasteiger partial charge in [-0.3, -0.25) is 9.59 Å². The molecule has 2 aliphatic heterocycles. The summed E-state index contributed by atoms with van der Waals surface area (Å²) in [5, 5.41) is 4.15. The Bertz CT molecular complexity index is 1130. The highest BCUT2D eigenvalue weighted by atomic mass is 32.2. The van der Waals surface area contributed by atoms with Crippen molar-refractivity contribution < 1.29 is 18.0 Å². The number of rotatable bonds is 8. The molecule has 0 radical (unpaired) electrons. The molecule has 0 unspecified atom stereocenters. The highest BCUT2D eigenvalue weighted by molar-refractivity contribution is 7.92. The zero-order valence-electron chi connectivity index (χ0n) is 19.1. The van der Waals surface area contributed by atoms with Gasteiger partial charge >= 0.3 is 0 Å². The molecule has 8 nitrogen and oxygen atoms in total. The number of amides is 2. The van der Waals surface area contributed by atoms with Crippen LogP contribution in [0, 0.1) is 0 Å². The fourth-order valence-electron chi connectivity index (χ4n) is 4.15. The average Bonchev–Trinajstić information content (AvgIpc) is 3.29. The van der Waals surface area contributed by atoms with Crippen molar-refractivity contribution in [1.82, 2.24) is 9.21 Å². The van der Waals surface area contributed by atoms with Crippen molar-refractivity contribution in [1.29, 1.82) is 0 Å². The van der Waals surface area contributed by atoms with Crippen LogP contribution in [0.15, 0.2) is 60.0 Å². The summed E-state index contributed by atoms with van der Waals surface area (Å²) in [5.74, 6) is 0.0442. The van der Waals surface area contributed by atoms with Crippen LogP contribution in [0.1, 0.15) is 24.8 Å². The third-order valence-corrected chi connectivity index (χ3v) is 7.68. The molecule has 2 aromatic rings. The molecule has 2 fully saturated rings. The lowest BCUT2D eigenvalue weighted by Gasteiger charge is -2.33. The summed E-state index contributed by atoms with van der Waals surface area (Å²) in [6, 6.07) is 16.7. The van der Waals surface area contributed by atoms with E-state index in [0.717, 1.165) is 24.2 Å². The first-order valence-corrected chi connectivity index (χ1v) is 13.1. The maximum atomic E-state index is 12.6. The predicted octanol–water partition coefficient (Wildman–Crippen LogP) is 2.76. The minimum Gasteiger partial charge on any atom is -0.326 e. The number of nitrogens with one attached hydrogen (secondary N) is 1. The molecule has 0 aliphatic carbocycles. The van der Waals surface area contributed by atoms with E-state index >= 15 is 0 Å². The lowest BCUT2D eigenvalue weighted by Crippen LogP contribution is -2.48. The van der Waals surface area contributed by atoms with E-state index < -0.39 is 10.0 Å². The van der Waals surface area contributed by atoms with Crippen LogP contribution in [0.4, 0.5) is 11.4 Å². The van der Waals surface area contributed by atoms with Gasteiger partial charge in [-0.05, 0) is 42.3 Å². The summed E-state index contributed by atoms with van der Waals surface area (Å²) in [7, 11) is -3.47. The maximum Gasteiger partial charge on any atom is 0.236 e. The van der Waals surface area contributed by atoms with Gasteiger partial charge in [0, 0.05) is 68.9 Å². The van der Waals surface area contributed by atoms with Crippen LogP contribution in [-0.4, -0.2) is 68.7 Å². The average molecular weight is 483 g/mol. The minimum atomic E-state index is -3.47. The van der Waals surface area contributed by atoms with Crippen LogP contribution in [-0.2, 0) is 19.6 Å². The van der Waals surface area contributed by atoms with Gasteiger partial charge in [0.2, 0.25) is 21.8 Å². The molecular weight excluding hydrogens is 452 g/mol. The van der Waals surface area contributed by atoms with Crippen LogP contribution in [0.25, 0.3) is 6.08 Å². The molecule has 2 aliphatic rings. The first-order valence-electron chi connectivity index (χ1n) is 11.6. The fraction of sp³-hybridized carbons (Fsp3) is 0.360. The highest BCUT2D eigenvalue weighted by Crippen LogP contribution is 2.23. The van der Waals surface area contributed by atoms with E-state index in [9.17, 15) is 18.0 Å². The smallest absolute Gasteiger partial charge is 0.236 e. The number of benzene rings is 2. The molecule has 0 spiro atoms. The molecule has 1 N–H and O–H groups in total. The second-order valence-electron chi connectivity index (χ2n) is 8.49. The number of carbonyl (C=O) groups is 2. The Labute approximate surface area is 200 Å². The lowest BCUT2D eigenvalue weighted by atomic mass is 10.2. The number of nitrogens with zero attached hydrogens (tertiary/aromatic N) is 3. The molecule has 0 aromatic heterocycles. The van der Waals surface area contributed by atoms with Crippen molar-refractivity contribution in [2.75, 3.05) is 49.5 Å². The van der Waals surface area contributed by atoms with E-state index in [2.05, 4.69) is 10.2 Å². The van der Waals surface area contributed by atoms with Gasteiger partial charge < -0.3 is 15.1 Å². The number of hydrogen-bond donors (Lipinski definition) is 1. The topological polar surface area (TPSA) is 90.0 Å². The van der Waals surface area contributed by atoms with Crippen molar-refractivity contribution >= 4 is 39.3 Å². The molecule has 180 valence electrons. The first-order chi connectivity index (χ1) is 16.4. The fourth-order valence-corrected chi connectivity index (χ4v) is 5.32. The summed E-state index contributed by atoms with van der Waals surface area (Å²) < 4.78 is 26.7. The van der Waals surface area contributed by atoms with Crippen LogP contribution in [0.3, 0.4) is 0 Å². The Kier molecular flexibility index (Phi) is 7.77. The third-order valence-electron chi connectivity index (χ3n) is 6.11. The van der Waals surface area contributed by atoms with Gasteiger partial charge in [-0.1, -0.05) is 30.3 Å². The molecular formula is C25H30N4O4S. The minimum absolute atomic E-state index is 0.0918. The van der Waals surface area contributed by atoms with E-state index in [1.54, 1.807) is 11.0 Å². The number of hydrogen-bond acceptors (Lipinski definition) is 5. The normalized spacial score (nSPS) is 18.0.